The van der Waals surface area contributed by atoms with Crippen molar-refractivity contribution >= 4 is 27.2 Å². The number of amides is 2. The fourth-order valence-corrected chi connectivity index (χ4v) is 6.70. The number of piperidine rings is 1. The Morgan fingerprint density at radius 3 is 2.38 bits per heavy atom. The molecule has 1 aromatic heterocycles. The molecule has 2 atom stereocenters. The van der Waals surface area contributed by atoms with Gasteiger partial charge in [-0.25, -0.2) is 13.2 Å². The summed E-state index contributed by atoms with van der Waals surface area (Å²) in [7, 11) is -3.34. The van der Waals surface area contributed by atoms with Crippen molar-refractivity contribution in [1.82, 2.24) is 10.2 Å². The number of urea groups is 1. The van der Waals surface area contributed by atoms with Gasteiger partial charge < -0.3 is 10.2 Å². The van der Waals surface area contributed by atoms with E-state index in [-0.39, 0.29) is 18.1 Å². The number of thiophene rings is 1. The number of nitrogens with one attached hydrogen (secondary N) is 1. The molecule has 1 N–H and O–H groups in total. The number of rotatable bonds is 4. The van der Waals surface area contributed by atoms with E-state index in [1.165, 1.54) is 0 Å². The molecule has 2 amide bonds. The Morgan fingerprint density at radius 1 is 1.08 bits per heavy atom. The smallest absolute Gasteiger partial charge is 0.318 e. The van der Waals surface area contributed by atoms with E-state index < -0.39 is 15.1 Å². The van der Waals surface area contributed by atoms with Gasteiger partial charge in [-0.15, -0.1) is 11.3 Å². The van der Waals surface area contributed by atoms with Crippen molar-refractivity contribution in [2.24, 2.45) is 0 Å². The lowest BCUT2D eigenvalue weighted by atomic mass is 10.0. The zero-order valence-electron chi connectivity index (χ0n) is 14.4. The second-order valence-corrected chi connectivity index (χ2v) is 10.2. The van der Waals surface area contributed by atoms with E-state index in [1.807, 2.05) is 28.5 Å². The molecule has 7 heteroatoms. The van der Waals surface area contributed by atoms with Gasteiger partial charge in [-0.3, -0.25) is 0 Å². The molecule has 2 fully saturated rings. The number of benzene rings is 1. The minimum Gasteiger partial charge on any atom is -0.333 e. The Labute approximate surface area is 157 Å². The van der Waals surface area contributed by atoms with Gasteiger partial charge in [-0.2, -0.15) is 0 Å². The van der Waals surface area contributed by atoms with Crippen LogP contribution in [0, 0.1) is 0 Å². The van der Waals surface area contributed by atoms with Crippen molar-refractivity contribution in [2.45, 2.75) is 54.5 Å². The Kier molecular flexibility index (Phi) is 4.75. The van der Waals surface area contributed by atoms with E-state index in [0.717, 1.165) is 17.7 Å². The molecule has 2 saturated heterocycles. The number of carbonyl (C=O) groups is 1. The van der Waals surface area contributed by atoms with E-state index in [2.05, 4.69) is 5.32 Å². The largest absolute Gasteiger partial charge is 0.333 e. The maximum Gasteiger partial charge on any atom is 0.318 e. The summed E-state index contributed by atoms with van der Waals surface area (Å²) in [6.45, 7) is 0.526. The van der Waals surface area contributed by atoms with Crippen molar-refractivity contribution in [2.75, 3.05) is 0 Å². The Balaban J connectivity index is 1.45. The molecule has 2 unspecified atom stereocenters. The van der Waals surface area contributed by atoms with Gasteiger partial charge in [0.1, 0.15) is 0 Å². The van der Waals surface area contributed by atoms with Crippen LogP contribution in [0.4, 0.5) is 4.79 Å². The fraction of sp³-hybridized carbons (Fsp3) is 0.421. The summed E-state index contributed by atoms with van der Waals surface area (Å²) in [5.41, 5.74) is 0. The first kappa shape index (κ1) is 17.5. The third kappa shape index (κ3) is 3.25. The van der Waals surface area contributed by atoms with E-state index >= 15 is 0 Å². The first-order chi connectivity index (χ1) is 12.6. The normalized spacial score (nSPS) is 25.2. The van der Waals surface area contributed by atoms with Crippen LogP contribution < -0.4 is 5.32 Å². The predicted molar refractivity (Wildman–Crippen MR) is 102 cm³/mol. The highest BCUT2D eigenvalue weighted by atomic mass is 32.2. The van der Waals surface area contributed by atoms with Gasteiger partial charge in [0.2, 0.25) is 0 Å². The second kappa shape index (κ2) is 7.04. The highest BCUT2D eigenvalue weighted by Gasteiger charge is 2.47. The van der Waals surface area contributed by atoms with Crippen LogP contribution in [0.3, 0.4) is 0 Å². The SMILES string of the molecule is O=C(NCc1cccs1)N1C2CCC1CC(S(=O)(=O)c1ccccc1)C2. The number of hydrogen-bond donors (Lipinski definition) is 1. The summed E-state index contributed by atoms with van der Waals surface area (Å²) in [5, 5.41) is 4.58. The molecule has 4 rings (SSSR count). The molecule has 2 bridgehead atoms. The molecule has 2 aliphatic rings. The van der Waals surface area contributed by atoms with Crippen LogP contribution in [0.15, 0.2) is 52.7 Å². The average molecular weight is 391 g/mol. The Morgan fingerprint density at radius 2 is 1.77 bits per heavy atom. The van der Waals surface area contributed by atoms with Gasteiger partial charge in [0, 0.05) is 17.0 Å². The minimum absolute atomic E-state index is 0.0144. The quantitative estimate of drug-likeness (QED) is 0.870. The monoisotopic (exact) mass is 390 g/mol. The van der Waals surface area contributed by atoms with Crippen LogP contribution in [0.2, 0.25) is 0 Å². The fourth-order valence-electron chi connectivity index (χ4n) is 4.18. The van der Waals surface area contributed by atoms with E-state index in [1.54, 1.807) is 35.6 Å². The van der Waals surface area contributed by atoms with Gasteiger partial charge in [0.05, 0.1) is 16.7 Å². The lowest BCUT2D eigenvalue weighted by Gasteiger charge is -2.38. The van der Waals surface area contributed by atoms with Crippen LogP contribution in [-0.4, -0.2) is 36.7 Å². The molecular weight excluding hydrogens is 368 g/mol. The highest BCUT2D eigenvalue weighted by molar-refractivity contribution is 7.92. The zero-order chi connectivity index (χ0) is 18.1. The second-order valence-electron chi connectivity index (χ2n) is 6.98. The molecule has 1 aromatic carbocycles. The van der Waals surface area contributed by atoms with Gasteiger partial charge in [0.25, 0.3) is 0 Å². The van der Waals surface area contributed by atoms with Gasteiger partial charge in [-0.1, -0.05) is 24.3 Å². The first-order valence-corrected chi connectivity index (χ1v) is 11.4. The van der Waals surface area contributed by atoms with Gasteiger partial charge in [0.15, 0.2) is 9.84 Å². The van der Waals surface area contributed by atoms with Crippen molar-refractivity contribution < 1.29 is 13.2 Å². The molecule has 26 heavy (non-hydrogen) atoms. The summed E-state index contributed by atoms with van der Waals surface area (Å²) >= 11 is 1.62. The van der Waals surface area contributed by atoms with Gasteiger partial charge in [-0.05, 0) is 49.3 Å². The molecule has 5 nitrogen and oxygen atoms in total. The third-order valence-corrected chi connectivity index (χ3v) is 8.50. The van der Waals surface area contributed by atoms with E-state index in [4.69, 9.17) is 0 Å². The number of fused-ring (bicyclic) bond motifs is 2. The Bertz CT molecular complexity index is 851. The van der Waals surface area contributed by atoms with Crippen LogP contribution in [0.1, 0.15) is 30.6 Å². The highest BCUT2D eigenvalue weighted by Crippen LogP contribution is 2.39. The molecule has 3 heterocycles. The van der Waals surface area contributed by atoms with Crippen molar-refractivity contribution in [3.05, 3.63) is 52.7 Å². The number of nitrogens with zero attached hydrogens (tertiary/aromatic N) is 1. The third-order valence-electron chi connectivity index (χ3n) is 5.43. The topological polar surface area (TPSA) is 66.5 Å². The molecule has 138 valence electrons. The number of sulfone groups is 1. The summed E-state index contributed by atoms with van der Waals surface area (Å²) in [6.07, 6.45) is 2.83. The first-order valence-electron chi connectivity index (χ1n) is 8.93. The zero-order valence-corrected chi connectivity index (χ0v) is 16.0. The number of carbonyl (C=O) groups excluding carboxylic acids is 1. The maximum atomic E-state index is 12.9. The lowest BCUT2D eigenvalue weighted by molar-refractivity contribution is 0.147. The van der Waals surface area contributed by atoms with Crippen molar-refractivity contribution in [3.8, 4) is 0 Å². The van der Waals surface area contributed by atoms with Crippen LogP contribution in [0.25, 0.3) is 0 Å². The molecule has 0 radical (unpaired) electrons. The maximum absolute atomic E-state index is 12.9. The average Bonchev–Trinajstić information content (AvgIpc) is 3.26. The summed E-state index contributed by atoms with van der Waals surface area (Å²) < 4.78 is 25.9. The lowest BCUT2D eigenvalue weighted by Crippen LogP contribution is -2.52. The summed E-state index contributed by atoms with van der Waals surface area (Å²) in [6, 6.07) is 12.6. The molecule has 2 aromatic rings. The Hall–Kier alpha value is -1.86. The van der Waals surface area contributed by atoms with Crippen molar-refractivity contribution in [3.63, 3.8) is 0 Å². The standard InChI is InChI=1S/C19H22N2O3S2/c22-19(20-13-16-5-4-10-25-16)21-14-8-9-15(21)12-18(11-14)26(23,24)17-6-2-1-3-7-17/h1-7,10,14-15,18H,8-9,11-13H2,(H,20,22). The van der Waals surface area contributed by atoms with E-state index in [9.17, 15) is 13.2 Å². The summed E-state index contributed by atoms with van der Waals surface area (Å²) in [5.74, 6) is 0. The molecule has 0 spiro atoms. The predicted octanol–water partition coefficient (Wildman–Crippen LogP) is 3.43. The summed E-state index contributed by atoms with van der Waals surface area (Å²) in [4.78, 5) is 16.1. The van der Waals surface area contributed by atoms with Gasteiger partial charge >= 0.3 is 6.03 Å². The van der Waals surface area contributed by atoms with E-state index in [0.29, 0.717) is 24.3 Å². The molecule has 0 aliphatic carbocycles. The van der Waals surface area contributed by atoms with Crippen LogP contribution in [-0.2, 0) is 16.4 Å². The van der Waals surface area contributed by atoms with Crippen LogP contribution >= 0.6 is 11.3 Å². The van der Waals surface area contributed by atoms with Crippen LogP contribution in [0.5, 0.6) is 0 Å². The number of hydrogen-bond acceptors (Lipinski definition) is 4. The van der Waals surface area contributed by atoms with Crippen molar-refractivity contribution in [1.29, 1.82) is 0 Å². The molecule has 0 saturated carbocycles. The minimum atomic E-state index is -3.34. The molecular formula is C19H22N2O3S2. The molecule has 2 aliphatic heterocycles.